The van der Waals surface area contributed by atoms with Crippen molar-refractivity contribution in [1.29, 1.82) is 0 Å². The van der Waals surface area contributed by atoms with E-state index in [4.69, 9.17) is 29.2 Å². The number of carboxylic acid groups (broad SMARTS) is 3. The molecule has 0 aromatic carbocycles. The van der Waals surface area contributed by atoms with Crippen molar-refractivity contribution in [3.05, 3.63) is 60.2 Å². The minimum Gasteiger partial charge on any atom is -0.481 e. The summed E-state index contributed by atoms with van der Waals surface area (Å²) < 4.78 is 22.2. The van der Waals surface area contributed by atoms with Gasteiger partial charge in [0.1, 0.15) is 12.1 Å². The fourth-order valence-electron chi connectivity index (χ4n) is 4.71. The first kappa shape index (κ1) is 44.4. The molecular formula is C35H52N6O12. The van der Waals surface area contributed by atoms with Crippen molar-refractivity contribution in [3.8, 4) is 0 Å². The highest BCUT2D eigenvalue weighted by molar-refractivity contribution is 5.86. The number of hydrogen-bond donors (Lipinski definition) is 6. The Morgan fingerprint density at radius 1 is 0.642 bits per heavy atom. The number of carbonyl (C=O) groups is 5. The molecule has 294 valence electrons. The average Bonchev–Trinajstić information content (AvgIpc) is 3.13. The van der Waals surface area contributed by atoms with Gasteiger partial charge < -0.3 is 50.2 Å². The molecule has 0 unspecified atom stereocenters. The molecule has 0 spiro atoms. The van der Waals surface area contributed by atoms with Gasteiger partial charge in [0.15, 0.2) is 0 Å². The van der Waals surface area contributed by atoms with E-state index in [1.807, 2.05) is 36.4 Å². The lowest BCUT2D eigenvalue weighted by Crippen LogP contribution is -2.51. The molecule has 3 amide bonds. The van der Waals surface area contributed by atoms with E-state index in [9.17, 15) is 29.1 Å². The second kappa shape index (κ2) is 27.8. The van der Waals surface area contributed by atoms with Gasteiger partial charge in [-0.25, -0.2) is 14.4 Å². The number of hydrogen-bond acceptors (Lipinski definition) is 12. The molecular weight excluding hydrogens is 696 g/mol. The Hall–Kier alpha value is -4.75. The Kier molecular flexibility index (Phi) is 23.3. The average molecular weight is 749 g/mol. The van der Waals surface area contributed by atoms with E-state index in [0.717, 1.165) is 17.9 Å². The number of ether oxygens (including phenoxy) is 4. The van der Waals surface area contributed by atoms with E-state index < -0.39 is 42.4 Å². The third kappa shape index (κ3) is 22.7. The zero-order valence-electron chi connectivity index (χ0n) is 29.9. The summed E-state index contributed by atoms with van der Waals surface area (Å²) in [5.41, 5.74) is 1.96. The highest BCUT2D eigenvalue weighted by Crippen LogP contribution is 2.07. The minimum atomic E-state index is -1.48. The Morgan fingerprint density at radius 2 is 1.15 bits per heavy atom. The number of pyridine rings is 2. The predicted molar refractivity (Wildman–Crippen MR) is 189 cm³/mol. The molecule has 2 heterocycles. The SMILES string of the molecule is O=C(O)CC[C@H](NC(=O)N[C@H](CCCCNC(=O)CCOCCOCCOCCOCCN(Cc1ccccn1)Cc1ccccn1)C(=O)O)C(=O)O. The second-order valence-corrected chi connectivity index (χ2v) is 11.7. The van der Waals surface area contributed by atoms with Gasteiger partial charge in [-0.15, -0.1) is 0 Å². The van der Waals surface area contributed by atoms with Crippen LogP contribution < -0.4 is 16.0 Å². The van der Waals surface area contributed by atoms with Gasteiger partial charge in [-0.2, -0.15) is 0 Å². The number of rotatable bonds is 31. The van der Waals surface area contributed by atoms with Crippen LogP contribution in [0.1, 0.15) is 49.9 Å². The Morgan fingerprint density at radius 3 is 1.64 bits per heavy atom. The van der Waals surface area contributed by atoms with E-state index >= 15 is 0 Å². The van der Waals surface area contributed by atoms with Gasteiger partial charge in [0.05, 0.1) is 64.2 Å². The van der Waals surface area contributed by atoms with Crippen LogP contribution in [0.25, 0.3) is 0 Å². The third-order valence-electron chi connectivity index (χ3n) is 7.46. The normalized spacial score (nSPS) is 12.2. The van der Waals surface area contributed by atoms with Crippen molar-refractivity contribution in [2.75, 3.05) is 65.9 Å². The molecule has 0 fully saturated rings. The Bertz CT molecular complexity index is 1300. The fourth-order valence-corrected chi connectivity index (χ4v) is 4.71. The van der Waals surface area contributed by atoms with Crippen LogP contribution in [0.3, 0.4) is 0 Å². The molecule has 2 rings (SSSR count). The van der Waals surface area contributed by atoms with Crippen molar-refractivity contribution in [1.82, 2.24) is 30.8 Å². The number of nitrogens with one attached hydrogen (secondary N) is 3. The van der Waals surface area contributed by atoms with Crippen molar-refractivity contribution in [3.63, 3.8) is 0 Å². The standard InChI is InChI=1S/C35H52N6O12/c42-31(38-15-6-3-9-29(33(45)46)39-35(49)40-30(34(47)48)10-11-32(43)44)12-17-50-19-21-52-23-24-53-22-20-51-18-16-41(25-27-7-1-4-13-36-27)26-28-8-2-5-14-37-28/h1-2,4-5,7-8,13-14,29-30H,3,6,9-12,15-26H2,(H,38,42)(H,43,44)(H,45,46)(H,47,48)(H2,39,40,49)/t29-,30+/m1/s1. The Balaban J connectivity index is 1.43. The number of urea groups is 1. The molecule has 18 nitrogen and oxygen atoms in total. The second-order valence-electron chi connectivity index (χ2n) is 11.7. The zero-order valence-corrected chi connectivity index (χ0v) is 29.9. The molecule has 0 radical (unpaired) electrons. The highest BCUT2D eigenvalue weighted by Gasteiger charge is 2.24. The molecule has 0 saturated heterocycles. The molecule has 18 heteroatoms. The summed E-state index contributed by atoms with van der Waals surface area (Å²) in [7, 11) is 0. The van der Waals surface area contributed by atoms with Crippen molar-refractivity contribution >= 4 is 29.8 Å². The largest absolute Gasteiger partial charge is 0.481 e. The number of aliphatic carboxylic acids is 3. The minimum absolute atomic E-state index is 0.0356. The first-order chi connectivity index (χ1) is 25.6. The van der Waals surface area contributed by atoms with Crippen LogP contribution >= 0.6 is 0 Å². The molecule has 2 aromatic rings. The maximum absolute atomic E-state index is 12.1. The first-order valence-corrected chi connectivity index (χ1v) is 17.5. The van der Waals surface area contributed by atoms with E-state index in [1.165, 1.54) is 0 Å². The van der Waals surface area contributed by atoms with Gasteiger partial charge in [-0.3, -0.25) is 24.5 Å². The lowest BCUT2D eigenvalue weighted by atomic mass is 10.1. The van der Waals surface area contributed by atoms with Crippen molar-refractivity contribution < 1.29 is 58.2 Å². The Labute approximate surface area is 308 Å². The number of unbranched alkanes of at least 4 members (excludes halogenated alkanes) is 1. The number of nitrogens with zero attached hydrogens (tertiary/aromatic N) is 3. The molecule has 0 aliphatic heterocycles. The highest BCUT2D eigenvalue weighted by atomic mass is 16.6. The molecule has 0 aliphatic rings. The zero-order chi connectivity index (χ0) is 38.5. The quantitative estimate of drug-likeness (QED) is 0.0595. The van der Waals surface area contributed by atoms with E-state index in [1.54, 1.807) is 12.4 Å². The van der Waals surface area contributed by atoms with Crippen LogP contribution in [0, 0.1) is 0 Å². The number of amides is 3. The summed E-state index contributed by atoms with van der Waals surface area (Å²) in [4.78, 5) is 68.6. The molecule has 53 heavy (non-hydrogen) atoms. The van der Waals surface area contributed by atoms with Gasteiger partial charge in [0.2, 0.25) is 5.91 Å². The summed E-state index contributed by atoms with van der Waals surface area (Å²) in [6.07, 6.45) is 3.70. The maximum Gasteiger partial charge on any atom is 0.326 e. The van der Waals surface area contributed by atoms with E-state index in [-0.39, 0.29) is 38.3 Å². The smallest absolute Gasteiger partial charge is 0.326 e. The van der Waals surface area contributed by atoms with Gasteiger partial charge in [0.25, 0.3) is 0 Å². The molecule has 0 bridgehead atoms. The molecule has 0 aliphatic carbocycles. The molecule has 6 N–H and O–H groups in total. The van der Waals surface area contributed by atoms with E-state index in [2.05, 4.69) is 30.8 Å². The summed E-state index contributed by atoms with van der Waals surface area (Å²) in [5, 5.41) is 34.2. The topological polar surface area (TPSA) is 248 Å². The molecule has 2 atom stereocenters. The van der Waals surface area contributed by atoms with Crippen LogP contribution in [0.5, 0.6) is 0 Å². The van der Waals surface area contributed by atoms with Crippen LogP contribution in [0.15, 0.2) is 48.8 Å². The summed E-state index contributed by atoms with van der Waals surface area (Å²) >= 11 is 0. The van der Waals surface area contributed by atoms with Gasteiger partial charge in [0, 0.05) is 51.4 Å². The molecule has 0 saturated carbocycles. The van der Waals surface area contributed by atoms with Crippen LogP contribution in [0.4, 0.5) is 4.79 Å². The number of carbonyl (C=O) groups excluding carboxylic acids is 2. The molecule has 2 aromatic heterocycles. The van der Waals surface area contributed by atoms with Gasteiger partial charge >= 0.3 is 23.9 Å². The maximum atomic E-state index is 12.1. The monoisotopic (exact) mass is 748 g/mol. The van der Waals surface area contributed by atoms with Crippen LogP contribution in [-0.2, 0) is 51.2 Å². The third-order valence-corrected chi connectivity index (χ3v) is 7.46. The summed E-state index contributed by atoms with van der Waals surface area (Å²) in [5.74, 6) is -4.21. The lowest BCUT2D eigenvalue weighted by molar-refractivity contribution is -0.140. The lowest BCUT2D eigenvalue weighted by Gasteiger charge is -2.21. The fraction of sp³-hybridized carbons (Fsp3) is 0.571. The van der Waals surface area contributed by atoms with Gasteiger partial charge in [-0.05, 0) is 49.9 Å². The van der Waals surface area contributed by atoms with Crippen LogP contribution in [0.2, 0.25) is 0 Å². The first-order valence-electron chi connectivity index (χ1n) is 17.5. The van der Waals surface area contributed by atoms with Crippen LogP contribution in [-0.4, -0.2) is 138 Å². The van der Waals surface area contributed by atoms with Gasteiger partial charge in [-0.1, -0.05) is 12.1 Å². The van der Waals surface area contributed by atoms with Crippen molar-refractivity contribution in [2.24, 2.45) is 0 Å². The van der Waals surface area contributed by atoms with Crippen molar-refractivity contribution in [2.45, 2.75) is 63.7 Å². The van der Waals surface area contributed by atoms with E-state index in [0.29, 0.717) is 72.2 Å². The summed E-state index contributed by atoms with van der Waals surface area (Å²) in [6, 6.07) is 7.92. The predicted octanol–water partition coefficient (Wildman–Crippen LogP) is 1.29. The number of aromatic nitrogens is 2. The summed E-state index contributed by atoms with van der Waals surface area (Å²) in [6.45, 7) is 5.50. The number of carboxylic acids is 3.